The predicted molar refractivity (Wildman–Crippen MR) is 70.5 cm³/mol. The number of nitrogens with zero attached hydrogens (tertiary/aromatic N) is 1. The zero-order valence-corrected chi connectivity index (χ0v) is 10.4. The minimum atomic E-state index is 0.912. The van der Waals surface area contributed by atoms with E-state index in [4.69, 9.17) is 0 Å². The third-order valence-electron chi connectivity index (χ3n) is 2.41. The second-order valence-corrected chi connectivity index (χ2v) is 4.19. The van der Waals surface area contributed by atoms with Crippen LogP contribution in [0.3, 0.4) is 0 Å². The van der Waals surface area contributed by atoms with Crippen molar-refractivity contribution in [3.63, 3.8) is 0 Å². The van der Waals surface area contributed by atoms with E-state index in [1.165, 1.54) is 11.1 Å². The van der Waals surface area contributed by atoms with Gasteiger partial charge in [-0.15, -0.1) is 0 Å². The summed E-state index contributed by atoms with van der Waals surface area (Å²) >= 11 is 0. The Hall–Kier alpha value is -1.12. The van der Waals surface area contributed by atoms with Gasteiger partial charge in [-0.05, 0) is 24.7 Å². The molecular formula is C14H22N2. The maximum absolute atomic E-state index is 4.07. The molecule has 0 saturated carbocycles. The smallest absolute Gasteiger partial charge is 0.0234 e. The van der Waals surface area contributed by atoms with Crippen molar-refractivity contribution in [1.82, 2.24) is 10.2 Å². The summed E-state index contributed by atoms with van der Waals surface area (Å²) in [6.45, 7) is 10.0. The van der Waals surface area contributed by atoms with Gasteiger partial charge in [0.05, 0.1) is 0 Å². The average Bonchev–Trinajstić information content (AvgIpc) is 2.27. The predicted octanol–water partition coefficient (Wildman–Crippen LogP) is 2.28. The first-order valence-electron chi connectivity index (χ1n) is 5.82. The zero-order valence-electron chi connectivity index (χ0n) is 10.4. The van der Waals surface area contributed by atoms with E-state index in [2.05, 4.69) is 55.0 Å². The maximum atomic E-state index is 4.07. The van der Waals surface area contributed by atoms with E-state index in [9.17, 15) is 0 Å². The molecule has 1 aromatic rings. The van der Waals surface area contributed by atoms with Crippen LogP contribution in [-0.4, -0.2) is 31.6 Å². The minimum Gasteiger partial charge on any atom is -0.313 e. The fourth-order valence-corrected chi connectivity index (χ4v) is 1.69. The van der Waals surface area contributed by atoms with Gasteiger partial charge >= 0.3 is 0 Å². The summed E-state index contributed by atoms with van der Waals surface area (Å²) in [7, 11) is 2.13. The van der Waals surface area contributed by atoms with Gasteiger partial charge in [-0.2, -0.15) is 0 Å². The van der Waals surface area contributed by atoms with E-state index in [1.807, 2.05) is 6.07 Å². The number of likely N-dealkylation sites (N-methyl/N-ethyl adjacent to an activating group) is 2. The Kier molecular flexibility index (Phi) is 5.83. The molecule has 0 unspecified atom stereocenters. The van der Waals surface area contributed by atoms with Crippen molar-refractivity contribution in [3.05, 3.63) is 48.0 Å². The van der Waals surface area contributed by atoms with Crippen molar-refractivity contribution in [2.24, 2.45) is 0 Å². The van der Waals surface area contributed by atoms with Gasteiger partial charge in [-0.1, -0.05) is 43.8 Å². The highest BCUT2D eigenvalue weighted by atomic mass is 15.1. The molecule has 0 aliphatic heterocycles. The second kappa shape index (κ2) is 7.20. The highest BCUT2D eigenvalue weighted by molar-refractivity contribution is 5.14. The van der Waals surface area contributed by atoms with E-state index >= 15 is 0 Å². The number of hydrogen-bond donors (Lipinski definition) is 1. The Bertz CT molecular complexity index is 306. The lowest BCUT2D eigenvalue weighted by Gasteiger charge is -2.18. The van der Waals surface area contributed by atoms with E-state index in [0.29, 0.717) is 0 Å². The summed E-state index contributed by atoms with van der Waals surface area (Å²) in [6, 6.07) is 10.5. The van der Waals surface area contributed by atoms with Gasteiger partial charge in [0.15, 0.2) is 0 Å². The lowest BCUT2D eigenvalue weighted by atomic mass is 10.2. The molecule has 0 fully saturated rings. The average molecular weight is 218 g/mol. The quantitative estimate of drug-likeness (QED) is 0.706. The molecule has 2 nitrogen and oxygen atoms in total. The van der Waals surface area contributed by atoms with Gasteiger partial charge in [0.1, 0.15) is 0 Å². The zero-order chi connectivity index (χ0) is 11.8. The molecule has 0 atom stereocenters. The Balaban J connectivity index is 2.30. The van der Waals surface area contributed by atoms with Gasteiger partial charge in [0, 0.05) is 19.6 Å². The molecular weight excluding hydrogens is 196 g/mol. The van der Waals surface area contributed by atoms with Crippen molar-refractivity contribution in [1.29, 1.82) is 0 Å². The van der Waals surface area contributed by atoms with Gasteiger partial charge < -0.3 is 5.32 Å². The summed E-state index contributed by atoms with van der Waals surface area (Å²) < 4.78 is 0. The van der Waals surface area contributed by atoms with Crippen LogP contribution in [0.15, 0.2) is 42.5 Å². The number of benzene rings is 1. The third-order valence-corrected chi connectivity index (χ3v) is 2.41. The molecule has 1 N–H and O–H groups in total. The SMILES string of the molecule is C=C(CNCC)CN(C)Cc1ccccc1. The highest BCUT2D eigenvalue weighted by Gasteiger charge is 2.01. The molecule has 0 radical (unpaired) electrons. The fourth-order valence-electron chi connectivity index (χ4n) is 1.69. The first-order chi connectivity index (χ1) is 7.72. The van der Waals surface area contributed by atoms with Crippen LogP contribution >= 0.6 is 0 Å². The molecule has 0 aromatic heterocycles. The number of nitrogens with one attached hydrogen (secondary N) is 1. The molecule has 0 heterocycles. The van der Waals surface area contributed by atoms with Crippen LogP contribution in [0.25, 0.3) is 0 Å². The van der Waals surface area contributed by atoms with E-state index in [1.54, 1.807) is 0 Å². The highest BCUT2D eigenvalue weighted by Crippen LogP contribution is 2.03. The van der Waals surface area contributed by atoms with E-state index in [-0.39, 0.29) is 0 Å². The van der Waals surface area contributed by atoms with Gasteiger partial charge in [0.2, 0.25) is 0 Å². The van der Waals surface area contributed by atoms with Crippen molar-refractivity contribution in [2.45, 2.75) is 13.5 Å². The first kappa shape index (κ1) is 12.9. The van der Waals surface area contributed by atoms with Crippen LogP contribution in [0, 0.1) is 0 Å². The summed E-state index contributed by atoms with van der Waals surface area (Å²) in [5, 5.41) is 3.29. The molecule has 0 saturated heterocycles. The maximum Gasteiger partial charge on any atom is 0.0234 e. The van der Waals surface area contributed by atoms with Crippen LogP contribution in [0.4, 0.5) is 0 Å². The van der Waals surface area contributed by atoms with Crippen molar-refractivity contribution in [2.75, 3.05) is 26.7 Å². The molecule has 0 amide bonds. The van der Waals surface area contributed by atoms with Crippen molar-refractivity contribution >= 4 is 0 Å². The molecule has 16 heavy (non-hydrogen) atoms. The molecule has 1 rings (SSSR count). The summed E-state index contributed by atoms with van der Waals surface area (Å²) in [5.74, 6) is 0. The Labute approximate surface area is 99.0 Å². The molecule has 88 valence electrons. The van der Waals surface area contributed by atoms with Crippen molar-refractivity contribution < 1.29 is 0 Å². The topological polar surface area (TPSA) is 15.3 Å². The molecule has 2 heteroatoms. The van der Waals surface area contributed by atoms with Crippen LogP contribution in [0.2, 0.25) is 0 Å². The molecule has 1 aromatic carbocycles. The van der Waals surface area contributed by atoms with Crippen LogP contribution in [0.5, 0.6) is 0 Å². The van der Waals surface area contributed by atoms with Gasteiger partial charge in [0.25, 0.3) is 0 Å². The normalized spacial score (nSPS) is 10.7. The van der Waals surface area contributed by atoms with E-state index in [0.717, 1.165) is 26.2 Å². The Morgan fingerprint density at radius 3 is 2.62 bits per heavy atom. The molecule has 0 aliphatic carbocycles. The van der Waals surface area contributed by atoms with E-state index < -0.39 is 0 Å². The van der Waals surface area contributed by atoms with Crippen LogP contribution in [0.1, 0.15) is 12.5 Å². The fraction of sp³-hybridized carbons (Fsp3) is 0.429. The summed E-state index contributed by atoms with van der Waals surface area (Å²) in [4.78, 5) is 2.29. The Morgan fingerprint density at radius 2 is 2.00 bits per heavy atom. The number of rotatable bonds is 7. The number of hydrogen-bond acceptors (Lipinski definition) is 2. The Morgan fingerprint density at radius 1 is 1.31 bits per heavy atom. The minimum absolute atomic E-state index is 0.912. The lowest BCUT2D eigenvalue weighted by Crippen LogP contribution is -2.25. The largest absolute Gasteiger partial charge is 0.313 e. The molecule has 0 aliphatic rings. The van der Waals surface area contributed by atoms with Crippen LogP contribution < -0.4 is 5.32 Å². The summed E-state index contributed by atoms with van der Waals surface area (Å²) in [6.07, 6.45) is 0. The standard InChI is InChI=1S/C14H22N2/c1-4-15-10-13(2)11-16(3)12-14-8-6-5-7-9-14/h5-9,15H,2,4,10-12H2,1,3H3. The molecule has 0 bridgehead atoms. The second-order valence-electron chi connectivity index (χ2n) is 4.19. The lowest BCUT2D eigenvalue weighted by molar-refractivity contribution is 0.352. The monoisotopic (exact) mass is 218 g/mol. The summed E-state index contributed by atoms with van der Waals surface area (Å²) in [5.41, 5.74) is 2.58. The third kappa shape index (κ3) is 5.10. The molecule has 0 spiro atoms. The van der Waals surface area contributed by atoms with Crippen LogP contribution in [-0.2, 0) is 6.54 Å². The van der Waals surface area contributed by atoms with Gasteiger partial charge in [-0.25, -0.2) is 0 Å². The first-order valence-corrected chi connectivity index (χ1v) is 5.82. The van der Waals surface area contributed by atoms with Gasteiger partial charge in [-0.3, -0.25) is 4.90 Å². The van der Waals surface area contributed by atoms with Crippen molar-refractivity contribution in [3.8, 4) is 0 Å².